The molecule has 0 aromatic rings. The van der Waals surface area contributed by atoms with Crippen molar-refractivity contribution in [1.29, 1.82) is 0 Å². The Hall–Kier alpha value is -1.89. The molecule has 1 fully saturated rings. The molecule has 0 aromatic carbocycles. The van der Waals surface area contributed by atoms with Crippen LogP contribution in [0.4, 0.5) is 0 Å². The number of carbonyl (C=O) groups excluding carboxylic acids is 2. The largest absolute Gasteiger partial charge is 0.472 e. The van der Waals surface area contributed by atoms with Crippen molar-refractivity contribution in [2.75, 3.05) is 26.4 Å². The molecular formula is C43H78NO11P. The Morgan fingerprint density at radius 2 is 1.34 bits per heavy atom. The van der Waals surface area contributed by atoms with Gasteiger partial charge in [0.05, 0.1) is 31.5 Å². The van der Waals surface area contributed by atoms with Gasteiger partial charge in [0, 0.05) is 31.7 Å². The lowest BCUT2D eigenvalue weighted by molar-refractivity contribution is -0.161. The van der Waals surface area contributed by atoms with Crippen LogP contribution in [-0.2, 0) is 32.7 Å². The third kappa shape index (κ3) is 27.7. The quantitative estimate of drug-likeness (QED) is 0.0175. The van der Waals surface area contributed by atoms with Crippen LogP contribution in [-0.4, -0.2) is 82.9 Å². The minimum absolute atomic E-state index is 0.0174. The van der Waals surface area contributed by atoms with Crippen molar-refractivity contribution in [1.82, 2.24) is 0 Å². The van der Waals surface area contributed by atoms with Crippen LogP contribution in [0.5, 0.6) is 0 Å². The first kappa shape index (κ1) is 52.1. The van der Waals surface area contributed by atoms with E-state index in [1.165, 1.54) is 51.4 Å². The number of allylic oxidation sites excluding steroid dienone is 4. The number of unbranched alkanes of at least 4 members (excludes halogenated alkanes) is 14. The van der Waals surface area contributed by atoms with Crippen LogP contribution in [0.1, 0.15) is 162 Å². The number of phosphoric acid groups is 1. The molecule has 1 unspecified atom stereocenters. The Bertz CT molecular complexity index is 1130. The van der Waals surface area contributed by atoms with E-state index in [1.807, 2.05) is 18.2 Å². The summed E-state index contributed by atoms with van der Waals surface area (Å²) in [6.45, 7) is 3.33. The summed E-state index contributed by atoms with van der Waals surface area (Å²) in [6, 6.07) is 0. The number of carbonyl (C=O) groups is 2. The van der Waals surface area contributed by atoms with Crippen molar-refractivity contribution in [3.8, 4) is 0 Å². The Morgan fingerprint density at radius 1 is 0.750 bits per heavy atom. The maximum absolute atomic E-state index is 12.6. The highest BCUT2D eigenvalue weighted by atomic mass is 31.2. The normalized spacial score (nSPS) is 20.9. The van der Waals surface area contributed by atoms with Gasteiger partial charge in [0.25, 0.3) is 0 Å². The molecule has 0 heterocycles. The maximum atomic E-state index is 12.6. The van der Waals surface area contributed by atoms with Gasteiger partial charge < -0.3 is 35.4 Å². The smallest absolute Gasteiger partial charge is 0.462 e. The van der Waals surface area contributed by atoms with Gasteiger partial charge in [-0.15, -0.1) is 0 Å². The van der Waals surface area contributed by atoms with Gasteiger partial charge in [-0.25, -0.2) is 4.57 Å². The van der Waals surface area contributed by atoms with Crippen molar-refractivity contribution in [2.24, 2.45) is 17.6 Å². The fraction of sp³-hybridized carbons (Fsp3) is 0.814. The highest BCUT2D eigenvalue weighted by Gasteiger charge is 2.39. The third-order valence-corrected chi connectivity index (χ3v) is 11.1. The minimum Gasteiger partial charge on any atom is -0.462 e. The van der Waals surface area contributed by atoms with Gasteiger partial charge in [-0.2, -0.15) is 0 Å². The van der Waals surface area contributed by atoms with E-state index in [-0.39, 0.29) is 44.4 Å². The predicted molar refractivity (Wildman–Crippen MR) is 222 cm³/mol. The molecule has 0 spiro atoms. The zero-order valence-electron chi connectivity index (χ0n) is 34.7. The average Bonchev–Trinajstić information content (AvgIpc) is 3.44. The summed E-state index contributed by atoms with van der Waals surface area (Å²) >= 11 is 0. The maximum Gasteiger partial charge on any atom is 0.472 e. The van der Waals surface area contributed by atoms with Gasteiger partial charge in [-0.05, 0) is 63.7 Å². The summed E-state index contributed by atoms with van der Waals surface area (Å²) < 4.78 is 32.7. The number of hydrogen-bond donors (Lipinski definition) is 5. The fourth-order valence-electron chi connectivity index (χ4n) is 6.74. The highest BCUT2D eigenvalue weighted by molar-refractivity contribution is 7.47. The number of aliphatic hydroxyl groups is 3. The van der Waals surface area contributed by atoms with Crippen LogP contribution in [0.3, 0.4) is 0 Å². The van der Waals surface area contributed by atoms with Crippen molar-refractivity contribution < 1.29 is 52.9 Å². The van der Waals surface area contributed by atoms with E-state index in [0.29, 0.717) is 38.5 Å². The van der Waals surface area contributed by atoms with E-state index in [4.69, 9.17) is 24.3 Å². The van der Waals surface area contributed by atoms with Gasteiger partial charge in [0.2, 0.25) is 0 Å². The van der Waals surface area contributed by atoms with Crippen LogP contribution in [0.2, 0.25) is 0 Å². The molecule has 1 rings (SSSR count). The molecule has 0 bridgehead atoms. The van der Waals surface area contributed by atoms with Crippen molar-refractivity contribution in [2.45, 2.75) is 186 Å². The molecule has 1 aliphatic carbocycles. The van der Waals surface area contributed by atoms with Crippen molar-refractivity contribution >= 4 is 19.8 Å². The topological polar surface area (TPSA) is 195 Å². The summed E-state index contributed by atoms with van der Waals surface area (Å²) in [4.78, 5) is 35.0. The van der Waals surface area contributed by atoms with Crippen molar-refractivity contribution in [3.63, 3.8) is 0 Å². The SMILES string of the molecule is CCCCCC/C=C\CCCCCCCCCC(=O)O[C@H](COC(=O)CCC/C=C/C[C@@H]1[C@@H](/C=C/[C@@H](O)CCCCC)[C@H](O)C[C@@H]1O)COP(=O)(O)OCCN. The van der Waals surface area contributed by atoms with Gasteiger partial charge in [0.15, 0.2) is 6.10 Å². The molecule has 13 heteroatoms. The first-order valence-corrected chi connectivity index (χ1v) is 23.2. The molecule has 56 heavy (non-hydrogen) atoms. The summed E-state index contributed by atoms with van der Waals surface area (Å²) in [5, 5.41) is 31.3. The number of hydrogen-bond acceptors (Lipinski definition) is 11. The Kier molecular flexibility index (Phi) is 31.7. The zero-order valence-corrected chi connectivity index (χ0v) is 35.6. The van der Waals surface area contributed by atoms with Gasteiger partial charge >= 0.3 is 19.8 Å². The van der Waals surface area contributed by atoms with Gasteiger partial charge in [0.1, 0.15) is 6.61 Å². The summed E-state index contributed by atoms with van der Waals surface area (Å²) in [5.41, 5.74) is 5.34. The van der Waals surface area contributed by atoms with Crippen LogP contribution < -0.4 is 5.73 Å². The van der Waals surface area contributed by atoms with Gasteiger partial charge in [-0.1, -0.05) is 121 Å². The molecule has 0 saturated heterocycles. The van der Waals surface area contributed by atoms with Crippen LogP contribution >= 0.6 is 7.82 Å². The Balaban J connectivity index is 2.41. The molecule has 1 aliphatic rings. The molecule has 6 N–H and O–H groups in total. The zero-order chi connectivity index (χ0) is 41.3. The second-order valence-electron chi connectivity index (χ2n) is 15.2. The summed E-state index contributed by atoms with van der Waals surface area (Å²) in [5.74, 6) is -1.43. The fourth-order valence-corrected chi connectivity index (χ4v) is 7.51. The Morgan fingerprint density at radius 3 is 2.02 bits per heavy atom. The number of aliphatic hydroxyl groups excluding tert-OH is 3. The van der Waals surface area contributed by atoms with Crippen LogP contribution in [0.15, 0.2) is 36.5 Å². The third-order valence-electron chi connectivity index (χ3n) is 10.1. The lowest BCUT2D eigenvalue weighted by atomic mass is 9.89. The number of esters is 2. The number of ether oxygens (including phenoxy) is 2. The Labute approximate surface area is 338 Å². The van der Waals surface area contributed by atoms with E-state index >= 15 is 0 Å². The van der Waals surface area contributed by atoms with E-state index in [2.05, 4.69) is 26.0 Å². The van der Waals surface area contributed by atoms with Gasteiger partial charge in [-0.3, -0.25) is 18.6 Å². The van der Waals surface area contributed by atoms with E-state index in [1.54, 1.807) is 6.08 Å². The van der Waals surface area contributed by atoms with E-state index in [0.717, 1.165) is 44.9 Å². The standard InChI is InChI=1S/C43H78NO11P/c1-3-5-7-8-9-10-11-12-13-14-15-16-17-18-24-28-43(49)55-37(35-54-56(50,51)53-32-31-44)34-52-42(48)27-23-20-19-22-26-38-39(41(47)33-40(38)46)30-29-36(45)25-21-6-4-2/h10-11,19,22,29-30,36-41,45-47H,3-9,12-18,20-21,23-28,31-35,44H2,1-2H3,(H,50,51)/b11-10-,22-19+,30-29+/t36-,37+,38+,39+,40-,41+/m0/s1. The second-order valence-corrected chi connectivity index (χ2v) is 16.6. The molecule has 0 aliphatic heterocycles. The predicted octanol–water partition coefficient (Wildman–Crippen LogP) is 8.54. The second kappa shape index (κ2) is 34.0. The van der Waals surface area contributed by atoms with Crippen molar-refractivity contribution in [3.05, 3.63) is 36.5 Å². The molecule has 7 atom stereocenters. The molecule has 0 radical (unpaired) electrons. The average molecular weight is 816 g/mol. The minimum atomic E-state index is -4.44. The monoisotopic (exact) mass is 816 g/mol. The summed E-state index contributed by atoms with van der Waals surface area (Å²) in [7, 11) is -4.44. The van der Waals surface area contributed by atoms with Crippen LogP contribution in [0, 0.1) is 11.8 Å². The number of rotatable bonds is 36. The lowest BCUT2D eigenvalue weighted by Crippen LogP contribution is -2.29. The highest BCUT2D eigenvalue weighted by Crippen LogP contribution is 2.43. The summed E-state index contributed by atoms with van der Waals surface area (Å²) in [6.07, 6.45) is 29.8. The molecule has 326 valence electrons. The number of nitrogens with two attached hydrogens (primary N) is 1. The van der Waals surface area contributed by atoms with Crippen LogP contribution in [0.25, 0.3) is 0 Å². The van der Waals surface area contributed by atoms with E-state index in [9.17, 15) is 34.4 Å². The first-order valence-electron chi connectivity index (χ1n) is 21.7. The lowest BCUT2D eigenvalue weighted by Gasteiger charge is -2.20. The first-order chi connectivity index (χ1) is 27.0. The molecule has 12 nitrogen and oxygen atoms in total. The number of phosphoric ester groups is 1. The molecule has 1 saturated carbocycles. The molecule has 0 amide bonds. The molecule has 0 aromatic heterocycles. The van der Waals surface area contributed by atoms with E-state index < -0.39 is 50.8 Å². The molecular weight excluding hydrogens is 737 g/mol.